The maximum Gasteiger partial charge on any atom is 0.446 e. The topological polar surface area (TPSA) is 44.1 Å². The number of carbonyl (C=O) groups excluding carboxylic acids is 1. The normalized spacial score (nSPS) is 11.8. The van der Waals surface area contributed by atoms with Gasteiger partial charge in [0.05, 0.1) is 23.7 Å². The Bertz CT molecular complexity index is 1540. The van der Waals surface area contributed by atoms with Crippen molar-refractivity contribution in [2.75, 3.05) is 7.11 Å². The van der Waals surface area contributed by atoms with Crippen LogP contribution in [-0.4, -0.2) is 28.1 Å². The predicted molar refractivity (Wildman–Crippen MR) is 131 cm³/mol. The number of benzene rings is 4. The predicted octanol–water partition coefficient (Wildman–Crippen LogP) is 7.30. The molecule has 35 heavy (non-hydrogen) atoms. The minimum atomic E-state index is -4.34. The molecule has 0 aliphatic carbocycles. The van der Waals surface area contributed by atoms with Crippen molar-refractivity contribution in [3.63, 3.8) is 0 Å². The van der Waals surface area contributed by atoms with Gasteiger partial charge in [-0.25, -0.2) is 9.78 Å². The highest BCUT2D eigenvalue weighted by Gasteiger charge is 2.29. The number of hydrogen-bond acceptors (Lipinski definition) is 4. The Morgan fingerprint density at radius 1 is 0.971 bits per heavy atom. The average Bonchev–Trinajstić information content (AvgIpc) is 3.20. The molecule has 4 nitrogen and oxygen atoms in total. The molecule has 0 atom stereocenters. The van der Waals surface area contributed by atoms with Gasteiger partial charge in [0.1, 0.15) is 5.82 Å². The molecule has 4 aromatic carbocycles. The zero-order valence-electron chi connectivity index (χ0n) is 18.5. The lowest BCUT2D eigenvalue weighted by Gasteiger charge is -2.13. The number of alkyl halides is 3. The molecule has 0 bridgehead atoms. The van der Waals surface area contributed by atoms with Crippen molar-refractivity contribution in [2.24, 2.45) is 0 Å². The number of esters is 1. The molecule has 5 rings (SSSR count). The summed E-state index contributed by atoms with van der Waals surface area (Å²) < 4.78 is 45.1. The van der Waals surface area contributed by atoms with Crippen LogP contribution in [0.2, 0.25) is 0 Å². The number of methoxy groups -OCH3 is 1. The Morgan fingerprint density at radius 2 is 1.71 bits per heavy atom. The second kappa shape index (κ2) is 9.11. The SMILES string of the molecule is COC(=O)c1ccc2nc(-c3cccc4ccccc34)n(Cc3ccc(SC(F)(F)F)cc3)c2c1. The highest BCUT2D eigenvalue weighted by Crippen LogP contribution is 2.37. The van der Waals surface area contributed by atoms with Gasteiger partial charge in [-0.15, -0.1) is 0 Å². The third kappa shape index (κ3) is 4.74. The van der Waals surface area contributed by atoms with Gasteiger partial charge in [0.25, 0.3) is 0 Å². The largest absolute Gasteiger partial charge is 0.465 e. The molecule has 5 aromatic rings. The van der Waals surface area contributed by atoms with Crippen LogP contribution < -0.4 is 0 Å². The molecule has 0 N–H and O–H groups in total. The van der Waals surface area contributed by atoms with Crippen LogP contribution >= 0.6 is 11.8 Å². The Hall–Kier alpha value is -3.78. The van der Waals surface area contributed by atoms with Gasteiger partial charge < -0.3 is 9.30 Å². The minimum absolute atomic E-state index is 0.124. The van der Waals surface area contributed by atoms with Crippen molar-refractivity contribution >= 4 is 39.5 Å². The lowest BCUT2D eigenvalue weighted by atomic mass is 10.0. The first-order valence-electron chi connectivity index (χ1n) is 10.7. The fraction of sp³-hybridized carbons (Fsp3) is 0.111. The molecule has 0 saturated heterocycles. The molecule has 1 heterocycles. The molecule has 1 aromatic heterocycles. The standard InChI is InChI=1S/C27H19F3N2O2S/c1-34-26(33)19-11-14-23-24(15-19)32(16-17-9-12-20(13-10-17)35-27(28,29)30)25(31-23)22-8-4-6-18-5-2-3-7-21(18)22/h2-15H,16H2,1H3. The third-order valence-electron chi connectivity index (χ3n) is 5.70. The monoisotopic (exact) mass is 492 g/mol. The van der Waals surface area contributed by atoms with E-state index >= 15 is 0 Å². The summed E-state index contributed by atoms with van der Waals surface area (Å²) >= 11 is -0.141. The van der Waals surface area contributed by atoms with Gasteiger partial charge in [0.15, 0.2) is 0 Å². The molecule has 0 unspecified atom stereocenters. The fourth-order valence-corrected chi connectivity index (χ4v) is 4.67. The van der Waals surface area contributed by atoms with Gasteiger partial charge in [0.2, 0.25) is 0 Å². The number of thioether (sulfide) groups is 1. The van der Waals surface area contributed by atoms with E-state index in [1.54, 1.807) is 30.3 Å². The number of carbonyl (C=O) groups is 1. The zero-order valence-corrected chi connectivity index (χ0v) is 19.4. The van der Waals surface area contributed by atoms with Gasteiger partial charge in [-0.1, -0.05) is 54.6 Å². The number of fused-ring (bicyclic) bond motifs is 2. The maximum absolute atomic E-state index is 12.7. The lowest BCUT2D eigenvalue weighted by molar-refractivity contribution is -0.0328. The van der Waals surface area contributed by atoms with Gasteiger partial charge in [-0.2, -0.15) is 13.2 Å². The molecule has 0 fully saturated rings. The van der Waals surface area contributed by atoms with E-state index in [4.69, 9.17) is 9.72 Å². The fourth-order valence-electron chi connectivity index (χ4n) is 4.13. The van der Waals surface area contributed by atoms with Crippen molar-refractivity contribution < 1.29 is 22.7 Å². The molecular formula is C27H19F3N2O2S. The maximum atomic E-state index is 12.7. The highest BCUT2D eigenvalue weighted by atomic mass is 32.2. The number of rotatable bonds is 5. The van der Waals surface area contributed by atoms with E-state index in [1.807, 2.05) is 47.0 Å². The average molecular weight is 493 g/mol. The minimum Gasteiger partial charge on any atom is -0.465 e. The highest BCUT2D eigenvalue weighted by molar-refractivity contribution is 8.00. The molecule has 8 heteroatoms. The first-order valence-corrected chi connectivity index (χ1v) is 11.6. The Morgan fingerprint density at radius 3 is 2.46 bits per heavy atom. The van der Waals surface area contributed by atoms with E-state index in [-0.39, 0.29) is 16.7 Å². The summed E-state index contributed by atoms with van der Waals surface area (Å²) in [5, 5.41) is 2.09. The van der Waals surface area contributed by atoms with Gasteiger partial charge in [-0.3, -0.25) is 0 Å². The Balaban J connectivity index is 1.65. The number of imidazole rings is 1. The molecule has 176 valence electrons. The zero-order chi connectivity index (χ0) is 24.6. The van der Waals surface area contributed by atoms with Crippen LogP contribution in [0.3, 0.4) is 0 Å². The number of ether oxygens (including phenoxy) is 1. The summed E-state index contributed by atoms with van der Waals surface area (Å²) in [5.41, 5.74) is -0.797. The number of nitrogens with zero attached hydrogens (tertiary/aromatic N) is 2. The van der Waals surface area contributed by atoms with Crippen molar-refractivity contribution in [3.05, 3.63) is 96.1 Å². The van der Waals surface area contributed by atoms with Gasteiger partial charge in [0, 0.05) is 17.0 Å². The smallest absolute Gasteiger partial charge is 0.446 e. The first kappa shape index (κ1) is 23.0. The Kier molecular flexibility index (Phi) is 5.98. The van der Waals surface area contributed by atoms with E-state index in [0.717, 1.165) is 27.4 Å². The summed E-state index contributed by atoms with van der Waals surface area (Å²) in [6.07, 6.45) is 0. The van der Waals surface area contributed by atoms with Crippen LogP contribution in [-0.2, 0) is 11.3 Å². The summed E-state index contributed by atoms with van der Waals surface area (Å²) in [4.78, 5) is 17.2. The summed E-state index contributed by atoms with van der Waals surface area (Å²) in [7, 11) is 1.33. The number of hydrogen-bond donors (Lipinski definition) is 0. The first-order chi connectivity index (χ1) is 16.8. The van der Waals surface area contributed by atoms with Crippen LogP contribution in [0.1, 0.15) is 15.9 Å². The van der Waals surface area contributed by atoms with Crippen molar-refractivity contribution in [2.45, 2.75) is 16.9 Å². The molecule has 0 aliphatic heterocycles. The van der Waals surface area contributed by atoms with Crippen LogP contribution in [0.25, 0.3) is 33.2 Å². The van der Waals surface area contributed by atoms with Crippen LogP contribution in [0.4, 0.5) is 13.2 Å². The molecule has 0 saturated carbocycles. The van der Waals surface area contributed by atoms with Crippen molar-refractivity contribution in [1.82, 2.24) is 9.55 Å². The van der Waals surface area contributed by atoms with Crippen molar-refractivity contribution in [3.8, 4) is 11.4 Å². The van der Waals surface area contributed by atoms with Crippen molar-refractivity contribution in [1.29, 1.82) is 0 Å². The Labute approximate surface area is 203 Å². The van der Waals surface area contributed by atoms with Crippen LogP contribution in [0, 0.1) is 0 Å². The molecule has 0 radical (unpaired) electrons. The molecular weight excluding hydrogens is 473 g/mol. The molecule has 0 spiro atoms. The van der Waals surface area contributed by atoms with E-state index in [2.05, 4.69) is 0 Å². The second-order valence-corrected chi connectivity index (χ2v) is 9.07. The van der Waals surface area contributed by atoms with E-state index in [0.29, 0.717) is 23.4 Å². The molecule has 0 amide bonds. The molecule has 0 aliphatic rings. The van der Waals surface area contributed by atoms with Gasteiger partial charge in [-0.05, 0) is 58.4 Å². The summed E-state index contributed by atoms with van der Waals surface area (Å²) in [6.45, 7) is 0.358. The van der Waals surface area contributed by atoms with E-state index in [9.17, 15) is 18.0 Å². The number of halogens is 3. The van der Waals surface area contributed by atoms with E-state index < -0.39 is 11.5 Å². The third-order valence-corrected chi connectivity index (χ3v) is 6.44. The van der Waals surface area contributed by atoms with E-state index in [1.165, 1.54) is 19.2 Å². The second-order valence-electron chi connectivity index (χ2n) is 7.94. The summed E-state index contributed by atoms with van der Waals surface area (Å²) in [6, 6.07) is 25.4. The van der Waals surface area contributed by atoms with Crippen LogP contribution in [0.5, 0.6) is 0 Å². The number of aromatic nitrogens is 2. The quantitative estimate of drug-likeness (QED) is 0.191. The van der Waals surface area contributed by atoms with Gasteiger partial charge >= 0.3 is 11.5 Å². The van der Waals surface area contributed by atoms with Crippen LogP contribution in [0.15, 0.2) is 89.8 Å². The lowest BCUT2D eigenvalue weighted by Crippen LogP contribution is -2.05. The summed E-state index contributed by atoms with van der Waals surface area (Å²) in [5.74, 6) is 0.243.